The molecule has 186 valence electrons. The molecule has 0 radical (unpaired) electrons. The van der Waals surface area contributed by atoms with Gasteiger partial charge >= 0.3 is 0 Å². The zero-order valence-electron chi connectivity index (χ0n) is 19.1. The van der Waals surface area contributed by atoms with Gasteiger partial charge in [-0.15, -0.1) is 0 Å². The van der Waals surface area contributed by atoms with E-state index in [9.17, 15) is 24.2 Å². The topological polar surface area (TPSA) is 160 Å². The van der Waals surface area contributed by atoms with Crippen LogP contribution in [-0.2, 0) is 9.53 Å². The number of nitrogens with one attached hydrogen (secondary N) is 1. The summed E-state index contributed by atoms with van der Waals surface area (Å²) in [7, 11) is 0. The number of aliphatic hydroxyl groups excluding tert-OH is 2. The van der Waals surface area contributed by atoms with Gasteiger partial charge in [-0.2, -0.15) is 4.98 Å². The minimum Gasteiger partial charge on any atom is -0.394 e. The summed E-state index contributed by atoms with van der Waals surface area (Å²) >= 11 is 0. The first-order valence-corrected chi connectivity index (χ1v) is 11.2. The molecule has 0 spiro atoms. The minimum absolute atomic E-state index is 0.0337. The molecule has 36 heavy (non-hydrogen) atoms. The number of anilines is 3. The second-order valence-corrected chi connectivity index (χ2v) is 8.43. The number of nitrogens with zero attached hydrogens (tertiary/aromatic N) is 4. The van der Waals surface area contributed by atoms with Crippen LogP contribution in [0.15, 0.2) is 53.3 Å². The molecule has 3 atom stereocenters. The fourth-order valence-electron chi connectivity index (χ4n) is 4.33. The van der Waals surface area contributed by atoms with Gasteiger partial charge in [-0.05, 0) is 35.4 Å². The number of halogens is 1. The third-order valence-electron chi connectivity index (χ3n) is 6.04. The zero-order valence-corrected chi connectivity index (χ0v) is 19.1. The summed E-state index contributed by atoms with van der Waals surface area (Å²) in [4.78, 5) is 37.8. The lowest BCUT2D eigenvalue weighted by atomic mass is 10.1. The van der Waals surface area contributed by atoms with E-state index in [0.29, 0.717) is 5.69 Å². The first kappa shape index (κ1) is 23.6. The summed E-state index contributed by atoms with van der Waals surface area (Å²) in [5.74, 6) is -0.881. The van der Waals surface area contributed by atoms with E-state index >= 15 is 0 Å². The number of aliphatic hydroxyl groups is 2. The van der Waals surface area contributed by atoms with Gasteiger partial charge in [0, 0.05) is 13.3 Å². The van der Waals surface area contributed by atoms with Crippen molar-refractivity contribution in [3.8, 4) is 11.1 Å². The van der Waals surface area contributed by atoms with Crippen LogP contribution in [0.2, 0.25) is 0 Å². The van der Waals surface area contributed by atoms with E-state index in [1.54, 1.807) is 36.4 Å². The van der Waals surface area contributed by atoms with Gasteiger partial charge in [-0.1, -0.05) is 24.3 Å². The van der Waals surface area contributed by atoms with E-state index in [4.69, 9.17) is 10.5 Å². The largest absolute Gasteiger partial charge is 0.394 e. The van der Waals surface area contributed by atoms with E-state index in [-0.39, 0.29) is 35.3 Å². The highest BCUT2D eigenvalue weighted by molar-refractivity contribution is 5.99. The summed E-state index contributed by atoms with van der Waals surface area (Å²) in [6.07, 6.45) is -2.66. The number of H-pyrrole nitrogens is 1. The Morgan fingerprint density at radius 2 is 1.83 bits per heavy atom. The van der Waals surface area contributed by atoms with Crippen LogP contribution >= 0.6 is 0 Å². The second-order valence-electron chi connectivity index (χ2n) is 8.43. The highest BCUT2D eigenvalue weighted by Crippen LogP contribution is 2.37. The smallest absolute Gasteiger partial charge is 0.280 e. The van der Waals surface area contributed by atoms with E-state index in [2.05, 4.69) is 15.0 Å². The average molecular weight is 494 g/mol. The van der Waals surface area contributed by atoms with Crippen LogP contribution in [-0.4, -0.2) is 54.5 Å². The van der Waals surface area contributed by atoms with Crippen molar-refractivity contribution in [2.45, 2.75) is 31.8 Å². The normalized spacial score (nSPS) is 19.6. The van der Waals surface area contributed by atoms with Gasteiger partial charge < -0.3 is 20.7 Å². The van der Waals surface area contributed by atoms with Crippen LogP contribution in [0.5, 0.6) is 0 Å². The molecular formula is C24H23FN6O5. The van der Waals surface area contributed by atoms with Crippen molar-refractivity contribution in [3.05, 3.63) is 64.7 Å². The third kappa shape index (κ3) is 4.11. The molecule has 5 N–H and O–H groups in total. The highest BCUT2D eigenvalue weighted by Gasteiger charge is 2.38. The Morgan fingerprint density at radius 1 is 1.19 bits per heavy atom. The van der Waals surface area contributed by atoms with Gasteiger partial charge in [0.15, 0.2) is 11.2 Å². The number of ether oxygens (including phenoxy) is 1. The number of carbonyl (C=O) groups is 1. The maximum Gasteiger partial charge on any atom is 0.280 e. The molecule has 1 fully saturated rings. The number of carbonyl (C=O) groups excluding carboxylic acids is 1. The number of aromatic amines is 1. The standard InChI is InChI=1S/C24H23FN6O5/c1-12(33)30(16-8-4-14(5-9-16)13-2-6-15(25)7-3-13)24-27-20-21(28-23(26)29-22(20)35)31(24)19-10-17(34)18(11-32)36-19/h2-9,17-19,32,34H,10-11H2,1H3,(H3,26,28,29,35)/t17-,18+,19+/m0/s1. The van der Waals surface area contributed by atoms with Crippen molar-refractivity contribution in [1.82, 2.24) is 19.5 Å². The lowest BCUT2D eigenvalue weighted by molar-refractivity contribution is -0.116. The molecule has 0 aliphatic carbocycles. The van der Waals surface area contributed by atoms with Gasteiger partial charge in [0.2, 0.25) is 17.8 Å². The van der Waals surface area contributed by atoms with Gasteiger partial charge in [0.05, 0.1) is 18.4 Å². The molecule has 1 aliphatic heterocycles. The Labute approximate surface area is 203 Å². The third-order valence-corrected chi connectivity index (χ3v) is 6.04. The van der Waals surface area contributed by atoms with E-state index in [1.807, 2.05) is 0 Å². The molecule has 0 bridgehead atoms. The Hall–Kier alpha value is -4.13. The number of hydrogen-bond donors (Lipinski definition) is 4. The van der Waals surface area contributed by atoms with Crippen LogP contribution < -0.4 is 16.2 Å². The van der Waals surface area contributed by atoms with Crippen molar-refractivity contribution in [2.24, 2.45) is 0 Å². The predicted molar refractivity (Wildman–Crippen MR) is 129 cm³/mol. The number of amides is 1. The molecule has 2 aromatic heterocycles. The average Bonchev–Trinajstić information content (AvgIpc) is 3.40. The summed E-state index contributed by atoms with van der Waals surface area (Å²) in [5.41, 5.74) is 7.19. The highest BCUT2D eigenvalue weighted by atomic mass is 19.1. The Bertz CT molecular complexity index is 1480. The molecule has 11 nitrogen and oxygen atoms in total. The van der Waals surface area contributed by atoms with Crippen LogP contribution in [0.1, 0.15) is 19.6 Å². The summed E-state index contributed by atoms with van der Waals surface area (Å²) in [6.45, 7) is 0.918. The first-order chi connectivity index (χ1) is 17.3. The number of nitrogens with two attached hydrogens (primary N) is 1. The van der Waals surface area contributed by atoms with Gasteiger partial charge in [-0.25, -0.2) is 9.37 Å². The molecule has 4 aromatic rings. The number of hydrogen-bond acceptors (Lipinski definition) is 8. The predicted octanol–water partition coefficient (Wildman–Crippen LogP) is 1.83. The van der Waals surface area contributed by atoms with Crippen molar-refractivity contribution in [3.63, 3.8) is 0 Å². The number of rotatable bonds is 5. The molecule has 0 saturated carbocycles. The second kappa shape index (κ2) is 9.15. The van der Waals surface area contributed by atoms with Crippen molar-refractivity contribution < 1.29 is 24.1 Å². The summed E-state index contributed by atoms with van der Waals surface area (Å²) in [6, 6.07) is 12.9. The van der Waals surface area contributed by atoms with Gasteiger partial charge in [0.1, 0.15) is 18.1 Å². The van der Waals surface area contributed by atoms with Crippen molar-refractivity contribution in [1.29, 1.82) is 0 Å². The first-order valence-electron chi connectivity index (χ1n) is 11.2. The van der Waals surface area contributed by atoms with Crippen LogP contribution in [0.4, 0.5) is 22.0 Å². The maximum atomic E-state index is 13.3. The molecule has 2 aromatic carbocycles. The van der Waals surface area contributed by atoms with Gasteiger partial charge in [0.25, 0.3) is 5.56 Å². The minimum atomic E-state index is -0.981. The molecule has 5 rings (SSSR count). The molecular weight excluding hydrogens is 471 g/mol. The maximum absolute atomic E-state index is 13.3. The van der Waals surface area contributed by atoms with E-state index in [0.717, 1.165) is 11.1 Å². The molecule has 1 amide bonds. The monoisotopic (exact) mass is 494 g/mol. The number of benzene rings is 2. The fraction of sp³-hybridized carbons (Fsp3) is 0.250. The van der Waals surface area contributed by atoms with Crippen molar-refractivity contribution >= 4 is 34.7 Å². The van der Waals surface area contributed by atoms with Crippen LogP contribution in [0.3, 0.4) is 0 Å². The van der Waals surface area contributed by atoms with Crippen LogP contribution in [0, 0.1) is 5.82 Å². The lowest BCUT2D eigenvalue weighted by Gasteiger charge is -2.24. The van der Waals surface area contributed by atoms with Crippen molar-refractivity contribution in [2.75, 3.05) is 17.2 Å². The van der Waals surface area contributed by atoms with E-state index in [1.165, 1.54) is 28.5 Å². The zero-order chi connectivity index (χ0) is 25.6. The Kier molecular flexibility index (Phi) is 6.00. The molecule has 1 aliphatic rings. The number of aromatic nitrogens is 4. The molecule has 3 heterocycles. The summed E-state index contributed by atoms with van der Waals surface area (Å²) < 4.78 is 20.5. The molecule has 0 unspecified atom stereocenters. The Balaban J connectivity index is 1.64. The molecule has 12 heteroatoms. The SMILES string of the molecule is CC(=O)N(c1ccc(-c2ccc(F)cc2)cc1)c1nc2c(=O)[nH]c(N)nc2n1[C@H]1C[C@H](O)[C@@H](CO)O1. The summed E-state index contributed by atoms with van der Waals surface area (Å²) in [5, 5.41) is 19.9. The number of fused-ring (bicyclic) bond motifs is 1. The molecule has 1 saturated heterocycles. The van der Waals surface area contributed by atoms with E-state index < -0.39 is 36.5 Å². The van der Waals surface area contributed by atoms with Gasteiger partial charge in [-0.3, -0.25) is 24.0 Å². The number of imidazole rings is 1. The van der Waals surface area contributed by atoms with Crippen LogP contribution in [0.25, 0.3) is 22.3 Å². The number of nitrogen functional groups attached to an aromatic ring is 1. The quantitative estimate of drug-likeness (QED) is 0.327. The lowest BCUT2D eigenvalue weighted by Crippen LogP contribution is -2.28. The fourth-order valence-corrected chi connectivity index (χ4v) is 4.33. The Morgan fingerprint density at radius 3 is 2.42 bits per heavy atom.